The first-order chi connectivity index (χ1) is 10.4. The number of hydrogen-bond acceptors (Lipinski definition) is 2. The number of methoxy groups -OCH3 is 1. The Morgan fingerprint density at radius 2 is 2.23 bits per heavy atom. The molecule has 0 saturated carbocycles. The summed E-state index contributed by atoms with van der Waals surface area (Å²) in [4.78, 5) is 6.93. The molecule has 1 saturated heterocycles. The van der Waals surface area contributed by atoms with Gasteiger partial charge in [-0.1, -0.05) is 19.9 Å². The Bertz CT molecular complexity index is 543. The van der Waals surface area contributed by atoms with Gasteiger partial charge in [0.1, 0.15) is 0 Å². The van der Waals surface area contributed by atoms with Crippen molar-refractivity contribution in [2.75, 3.05) is 26.7 Å². The van der Waals surface area contributed by atoms with E-state index in [2.05, 4.69) is 36.0 Å². The lowest BCUT2D eigenvalue weighted by Gasteiger charge is -2.23. The minimum atomic E-state index is -0.345. The lowest BCUT2D eigenvalue weighted by atomic mass is 9.93. The van der Waals surface area contributed by atoms with Crippen LogP contribution in [0.4, 0.5) is 4.39 Å². The van der Waals surface area contributed by atoms with Gasteiger partial charge in [0.15, 0.2) is 17.5 Å². The maximum atomic E-state index is 13.7. The molecular weight excluding hydrogens is 281 g/mol. The second kappa shape index (κ2) is 6.99. The molecule has 2 rings (SSSR count). The molecule has 1 heterocycles. The highest BCUT2D eigenvalue weighted by Crippen LogP contribution is 2.28. The Labute approximate surface area is 132 Å². The van der Waals surface area contributed by atoms with E-state index in [9.17, 15) is 4.39 Å². The van der Waals surface area contributed by atoms with E-state index in [1.165, 1.54) is 13.2 Å². The Morgan fingerprint density at radius 1 is 1.45 bits per heavy atom. The third-order valence-electron chi connectivity index (χ3n) is 3.94. The molecule has 0 amide bonds. The van der Waals surface area contributed by atoms with Gasteiger partial charge in [0.05, 0.1) is 13.7 Å². The molecule has 1 aromatic rings. The van der Waals surface area contributed by atoms with Crippen LogP contribution in [0, 0.1) is 11.2 Å². The zero-order chi connectivity index (χ0) is 16.2. The van der Waals surface area contributed by atoms with Crippen LogP contribution in [-0.2, 0) is 6.54 Å². The lowest BCUT2D eigenvalue weighted by Crippen LogP contribution is -2.40. The van der Waals surface area contributed by atoms with Crippen LogP contribution in [-0.4, -0.2) is 37.6 Å². The van der Waals surface area contributed by atoms with E-state index in [0.29, 0.717) is 12.0 Å². The van der Waals surface area contributed by atoms with Crippen molar-refractivity contribution in [3.63, 3.8) is 0 Å². The van der Waals surface area contributed by atoms with Gasteiger partial charge in [-0.15, -0.1) is 0 Å². The minimum absolute atomic E-state index is 0.265. The smallest absolute Gasteiger partial charge is 0.194 e. The van der Waals surface area contributed by atoms with Crippen molar-refractivity contribution in [2.45, 2.75) is 33.7 Å². The largest absolute Gasteiger partial charge is 0.494 e. The van der Waals surface area contributed by atoms with Crippen LogP contribution in [0.15, 0.2) is 23.2 Å². The number of hydrogen-bond donors (Lipinski definition) is 1. The number of halogens is 1. The molecule has 1 fully saturated rings. The van der Waals surface area contributed by atoms with Gasteiger partial charge in [0, 0.05) is 19.6 Å². The second-order valence-electron chi connectivity index (χ2n) is 6.47. The Balaban J connectivity index is 2.09. The van der Waals surface area contributed by atoms with E-state index < -0.39 is 0 Å². The summed E-state index contributed by atoms with van der Waals surface area (Å²) in [5.41, 5.74) is 1.16. The average Bonchev–Trinajstić information content (AvgIpc) is 2.83. The molecule has 0 atom stereocenters. The number of nitrogens with one attached hydrogen (secondary N) is 1. The van der Waals surface area contributed by atoms with Crippen molar-refractivity contribution in [3.05, 3.63) is 29.6 Å². The highest BCUT2D eigenvalue weighted by Gasteiger charge is 2.30. The van der Waals surface area contributed by atoms with E-state index in [1.807, 2.05) is 6.07 Å². The summed E-state index contributed by atoms with van der Waals surface area (Å²) in [6, 6.07) is 4.98. The molecule has 0 aromatic heterocycles. The Kier molecular flexibility index (Phi) is 5.27. The van der Waals surface area contributed by atoms with Crippen LogP contribution >= 0.6 is 0 Å². The van der Waals surface area contributed by atoms with Crippen LogP contribution in [0.2, 0.25) is 0 Å². The number of nitrogens with zero attached hydrogens (tertiary/aromatic N) is 2. The zero-order valence-electron chi connectivity index (χ0n) is 13.9. The lowest BCUT2D eigenvalue weighted by molar-refractivity contribution is 0.370. The quantitative estimate of drug-likeness (QED) is 0.686. The molecular formula is C17H26FN3O. The number of guanidine groups is 1. The monoisotopic (exact) mass is 307 g/mol. The highest BCUT2D eigenvalue weighted by molar-refractivity contribution is 5.80. The van der Waals surface area contributed by atoms with E-state index in [1.54, 1.807) is 6.07 Å². The predicted octanol–water partition coefficient (Wildman–Crippen LogP) is 3.03. The first kappa shape index (κ1) is 16.6. The molecule has 1 N–H and O–H groups in total. The Hall–Kier alpha value is -1.78. The summed E-state index contributed by atoms with van der Waals surface area (Å²) in [5, 5.41) is 3.33. The number of likely N-dealkylation sites (tertiary alicyclic amines) is 1. The molecule has 1 aromatic carbocycles. The van der Waals surface area contributed by atoms with Gasteiger partial charge in [-0.2, -0.15) is 0 Å². The van der Waals surface area contributed by atoms with E-state index >= 15 is 0 Å². The molecule has 1 aliphatic heterocycles. The van der Waals surface area contributed by atoms with Crippen LogP contribution in [0.25, 0.3) is 0 Å². The summed E-state index contributed by atoms with van der Waals surface area (Å²) in [6.07, 6.45) is 1.16. The summed E-state index contributed by atoms with van der Waals surface area (Å²) < 4.78 is 18.7. The Morgan fingerprint density at radius 3 is 2.77 bits per heavy atom. The molecule has 0 spiro atoms. The number of ether oxygens (including phenoxy) is 1. The third-order valence-corrected chi connectivity index (χ3v) is 3.94. The van der Waals surface area contributed by atoms with Gasteiger partial charge >= 0.3 is 0 Å². The van der Waals surface area contributed by atoms with Gasteiger partial charge in [0.25, 0.3) is 0 Å². The summed E-state index contributed by atoms with van der Waals surface area (Å²) >= 11 is 0. The van der Waals surface area contributed by atoms with Gasteiger partial charge < -0.3 is 15.0 Å². The molecule has 0 bridgehead atoms. The maximum Gasteiger partial charge on any atom is 0.194 e. The fourth-order valence-electron chi connectivity index (χ4n) is 2.69. The number of aliphatic imine (C=N–C) groups is 1. The molecule has 4 nitrogen and oxygen atoms in total. The topological polar surface area (TPSA) is 36.9 Å². The number of benzene rings is 1. The highest BCUT2D eigenvalue weighted by atomic mass is 19.1. The fraction of sp³-hybridized carbons (Fsp3) is 0.588. The van der Waals surface area contributed by atoms with Crippen molar-refractivity contribution in [1.29, 1.82) is 0 Å². The predicted molar refractivity (Wildman–Crippen MR) is 87.7 cm³/mol. The summed E-state index contributed by atoms with van der Waals surface area (Å²) in [7, 11) is 1.47. The average molecular weight is 307 g/mol. The maximum absolute atomic E-state index is 13.7. The standard InChI is InChI=1S/C17H26FN3O/c1-5-19-16(21-9-8-17(2,3)12-21)20-11-13-6-7-15(22-4)14(18)10-13/h6-7,10H,5,8-9,11-12H2,1-4H3,(H,19,20). The van der Waals surface area contributed by atoms with Gasteiger partial charge in [-0.3, -0.25) is 0 Å². The molecule has 0 radical (unpaired) electrons. The normalized spacial score (nSPS) is 17.7. The van der Waals surface area contributed by atoms with Crippen LogP contribution < -0.4 is 10.1 Å². The van der Waals surface area contributed by atoms with Crippen molar-refractivity contribution in [3.8, 4) is 5.75 Å². The minimum Gasteiger partial charge on any atom is -0.494 e. The number of rotatable bonds is 4. The van der Waals surface area contributed by atoms with E-state index in [0.717, 1.165) is 37.6 Å². The van der Waals surface area contributed by atoms with E-state index in [-0.39, 0.29) is 11.6 Å². The van der Waals surface area contributed by atoms with Gasteiger partial charge in [0.2, 0.25) is 0 Å². The van der Waals surface area contributed by atoms with Crippen molar-refractivity contribution in [2.24, 2.45) is 10.4 Å². The van der Waals surface area contributed by atoms with Crippen LogP contribution in [0.3, 0.4) is 0 Å². The molecule has 1 aliphatic rings. The van der Waals surface area contributed by atoms with E-state index in [4.69, 9.17) is 4.74 Å². The molecule has 0 unspecified atom stereocenters. The molecule has 122 valence electrons. The van der Waals surface area contributed by atoms with Gasteiger partial charge in [-0.25, -0.2) is 9.38 Å². The molecule has 5 heteroatoms. The van der Waals surface area contributed by atoms with Crippen LogP contribution in [0.5, 0.6) is 5.75 Å². The van der Waals surface area contributed by atoms with Crippen molar-refractivity contribution < 1.29 is 9.13 Å². The van der Waals surface area contributed by atoms with Crippen molar-refractivity contribution in [1.82, 2.24) is 10.2 Å². The molecule has 0 aliphatic carbocycles. The second-order valence-corrected chi connectivity index (χ2v) is 6.47. The third kappa shape index (κ3) is 4.12. The van der Waals surface area contributed by atoms with Gasteiger partial charge in [-0.05, 0) is 36.5 Å². The summed E-state index contributed by atoms with van der Waals surface area (Å²) in [5.74, 6) is 0.827. The fourth-order valence-corrected chi connectivity index (χ4v) is 2.69. The first-order valence-electron chi connectivity index (χ1n) is 7.81. The zero-order valence-corrected chi connectivity index (χ0v) is 13.9. The SMILES string of the molecule is CCNC(=NCc1ccc(OC)c(F)c1)N1CCC(C)(C)C1. The summed E-state index contributed by atoms with van der Waals surface area (Å²) in [6.45, 7) is 9.90. The van der Waals surface area contributed by atoms with Crippen molar-refractivity contribution >= 4 is 5.96 Å². The van der Waals surface area contributed by atoms with Crippen LogP contribution in [0.1, 0.15) is 32.8 Å². The first-order valence-corrected chi connectivity index (χ1v) is 7.81. The molecule has 22 heavy (non-hydrogen) atoms.